The van der Waals surface area contributed by atoms with Crippen LogP contribution in [0.1, 0.15) is 38.5 Å². The summed E-state index contributed by atoms with van der Waals surface area (Å²) in [7, 11) is 0. The molecule has 0 radical (unpaired) electrons. The van der Waals surface area contributed by atoms with Crippen LogP contribution in [0.15, 0.2) is 4.42 Å². The highest BCUT2D eigenvalue weighted by Crippen LogP contribution is 2.29. The Morgan fingerprint density at radius 3 is 2.94 bits per heavy atom. The molecule has 1 saturated carbocycles. The minimum absolute atomic E-state index is 0.534. The van der Waals surface area contributed by atoms with Crippen molar-refractivity contribution in [1.82, 2.24) is 10.2 Å². The smallest absolute Gasteiger partial charge is 0.315 e. The Kier molecular flexibility index (Phi) is 4.36. The molecule has 2 rings (SSSR count). The summed E-state index contributed by atoms with van der Waals surface area (Å²) in [5, 5.41) is 11.1. The van der Waals surface area contributed by atoms with E-state index in [-0.39, 0.29) is 0 Å². The number of aromatic nitrogens is 2. The molecule has 1 aromatic heterocycles. The number of nitrogens with two attached hydrogens (primary N) is 1. The van der Waals surface area contributed by atoms with Crippen molar-refractivity contribution in [2.24, 2.45) is 17.6 Å². The Hall–Kier alpha value is -1.10. The third kappa shape index (κ3) is 3.43. The van der Waals surface area contributed by atoms with Gasteiger partial charge in [-0.25, -0.2) is 0 Å². The van der Waals surface area contributed by atoms with Gasteiger partial charge in [0.15, 0.2) is 0 Å². The van der Waals surface area contributed by atoms with E-state index in [1.165, 1.54) is 25.7 Å². The van der Waals surface area contributed by atoms with Crippen LogP contribution in [0.25, 0.3) is 0 Å². The molecule has 0 saturated heterocycles. The van der Waals surface area contributed by atoms with E-state index in [0.717, 1.165) is 18.4 Å². The molecule has 17 heavy (non-hydrogen) atoms. The number of nitrogens with zero attached hydrogens (tertiary/aromatic N) is 2. The highest BCUT2D eigenvalue weighted by molar-refractivity contribution is 5.17. The molecule has 0 aliphatic heterocycles. The van der Waals surface area contributed by atoms with Crippen LogP contribution in [0, 0.1) is 11.8 Å². The monoisotopic (exact) mass is 238 g/mol. The summed E-state index contributed by atoms with van der Waals surface area (Å²) in [6.07, 6.45) is 6.01. The Morgan fingerprint density at radius 1 is 1.35 bits per heavy atom. The summed E-state index contributed by atoms with van der Waals surface area (Å²) in [6, 6.07) is 0.534. The molecule has 0 bridgehead atoms. The maximum absolute atomic E-state index is 5.44. The Bertz CT molecular complexity index is 339. The summed E-state index contributed by atoms with van der Waals surface area (Å²) in [6.45, 7) is 3.81. The molecule has 1 fully saturated rings. The van der Waals surface area contributed by atoms with Gasteiger partial charge in [0.1, 0.15) is 0 Å². The summed E-state index contributed by atoms with van der Waals surface area (Å²) >= 11 is 0. The van der Waals surface area contributed by atoms with E-state index in [0.29, 0.717) is 24.9 Å². The van der Waals surface area contributed by atoms with Crippen LogP contribution >= 0.6 is 0 Å². The Balaban J connectivity index is 1.79. The van der Waals surface area contributed by atoms with E-state index in [1.807, 2.05) is 0 Å². The van der Waals surface area contributed by atoms with E-state index in [9.17, 15) is 0 Å². The summed E-state index contributed by atoms with van der Waals surface area (Å²) < 4.78 is 5.44. The van der Waals surface area contributed by atoms with Crippen LogP contribution in [0.5, 0.6) is 0 Å². The van der Waals surface area contributed by atoms with Crippen molar-refractivity contribution in [3.8, 4) is 0 Å². The maximum atomic E-state index is 5.44. The van der Waals surface area contributed by atoms with Crippen molar-refractivity contribution in [3.63, 3.8) is 0 Å². The normalized spacial score (nSPS) is 24.8. The van der Waals surface area contributed by atoms with E-state index < -0.39 is 0 Å². The van der Waals surface area contributed by atoms with Crippen molar-refractivity contribution < 1.29 is 4.42 Å². The second-order valence-electron chi connectivity index (χ2n) is 4.94. The average Bonchev–Trinajstić information content (AvgIpc) is 2.76. The fourth-order valence-corrected chi connectivity index (χ4v) is 2.46. The summed E-state index contributed by atoms with van der Waals surface area (Å²) in [4.78, 5) is 0. The Morgan fingerprint density at radius 2 is 2.18 bits per heavy atom. The zero-order valence-corrected chi connectivity index (χ0v) is 10.5. The first-order valence-electron chi connectivity index (χ1n) is 6.56. The molecule has 5 heteroatoms. The SMILES string of the molecule is CC1CCCCC1CNc1nnc(CCN)o1. The largest absolute Gasteiger partial charge is 0.408 e. The predicted molar refractivity (Wildman–Crippen MR) is 66.7 cm³/mol. The standard InChI is InChI=1S/C12H22N4O/c1-9-4-2-3-5-10(9)8-14-12-16-15-11(17-12)6-7-13/h9-10H,2-8,13H2,1H3,(H,14,16). The number of hydrogen-bond donors (Lipinski definition) is 2. The molecule has 0 spiro atoms. The van der Waals surface area contributed by atoms with E-state index >= 15 is 0 Å². The van der Waals surface area contributed by atoms with Gasteiger partial charge < -0.3 is 15.5 Å². The number of anilines is 1. The van der Waals surface area contributed by atoms with Gasteiger partial charge in [-0.15, -0.1) is 5.10 Å². The second-order valence-corrected chi connectivity index (χ2v) is 4.94. The van der Waals surface area contributed by atoms with Crippen molar-refractivity contribution in [3.05, 3.63) is 5.89 Å². The third-order valence-corrected chi connectivity index (χ3v) is 3.63. The summed E-state index contributed by atoms with van der Waals surface area (Å²) in [5.74, 6) is 2.14. The molecule has 1 aromatic rings. The van der Waals surface area contributed by atoms with E-state index in [4.69, 9.17) is 10.2 Å². The molecule has 2 unspecified atom stereocenters. The van der Waals surface area contributed by atoms with E-state index in [2.05, 4.69) is 22.4 Å². The molecule has 5 nitrogen and oxygen atoms in total. The van der Waals surface area contributed by atoms with Gasteiger partial charge >= 0.3 is 6.01 Å². The molecule has 1 heterocycles. The highest BCUT2D eigenvalue weighted by atomic mass is 16.4. The molecule has 1 aliphatic carbocycles. The topological polar surface area (TPSA) is 77.0 Å². The molecule has 2 atom stereocenters. The van der Waals surface area contributed by atoms with Crippen LogP contribution in [-0.4, -0.2) is 23.3 Å². The molecule has 0 aromatic carbocycles. The average molecular weight is 238 g/mol. The molecular weight excluding hydrogens is 216 g/mol. The van der Waals surface area contributed by atoms with Gasteiger partial charge in [-0.1, -0.05) is 31.3 Å². The lowest BCUT2D eigenvalue weighted by molar-refractivity contribution is 0.267. The molecule has 0 amide bonds. The predicted octanol–water partition coefficient (Wildman–Crippen LogP) is 1.81. The number of hydrogen-bond acceptors (Lipinski definition) is 5. The third-order valence-electron chi connectivity index (χ3n) is 3.63. The van der Waals surface area contributed by atoms with Crippen molar-refractivity contribution >= 4 is 6.01 Å². The maximum Gasteiger partial charge on any atom is 0.315 e. The minimum Gasteiger partial charge on any atom is -0.408 e. The van der Waals surface area contributed by atoms with E-state index in [1.54, 1.807) is 0 Å². The molecular formula is C12H22N4O. The minimum atomic E-state index is 0.534. The molecule has 1 aliphatic rings. The Labute approximate surface area is 102 Å². The van der Waals surface area contributed by atoms with Gasteiger partial charge in [0.2, 0.25) is 5.89 Å². The van der Waals surface area contributed by atoms with Gasteiger partial charge in [0.25, 0.3) is 0 Å². The van der Waals surface area contributed by atoms with Gasteiger partial charge in [-0.2, -0.15) is 0 Å². The highest BCUT2D eigenvalue weighted by Gasteiger charge is 2.21. The lowest BCUT2D eigenvalue weighted by Gasteiger charge is -2.28. The number of nitrogens with one attached hydrogen (secondary N) is 1. The fraction of sp³-hybridized carbons (Fsp3) is 0.833. The molecule has 96 valence electrons. The fourth-order valence-electron chi connectivity index (χ4n) is 2.46. The van der Waals surface area contributed by atoms with Gasteiger partial charge in [0, 0.05) is 19.5 Å². The van der Waals surface area contributed by atoms with Crippen molar-refractivity contribution in [1.29, 1.82) is 0 Å². The van der Waals surface area contributed by atoms with Crippen LogP contribution in [0.4, 0.5) is 6.01 Å². The quantitative estimate of drug-likeness (QED) is 0.818. The summed E-state index contributed by atoms with van der Waals surface area (Å²) in [5.41, 5.74) is 5.43. The van der Waals surface area contributed by atoms with Crippen LogP contribution in [0.3, 0.4) is 0 Å². The number of rotatable bonds is 5. The zero-order valence-electron chi connectivity index (χ0n) is 10.5. The van der Waals surface area contributed by atoms with Gasteiger partial charge in [-0.05, 0) is 18.3 Å². The van der Waals surface area contributed by atoms with Gasteiger partial charge in [-0.3, -0.25) is 0 Å². The lowest BCUT2D eigenvalue weighted by Crippen LogP contribution is -2.24. The van der Waals surface area contributed by atoms with Crippen LogP contribution in [-0.2, 0) is 6.42 Å². The lowest BCUT2D eigenvalue weighted by atomic mass is 9.80. The van der Waals surface area contributed by atoms with Gasteiger partial charge in [0.05, 0.1) is 0 Å². The first-order valence-corrected chi connectivity index (χ1v) is 6.56. The van der Waals surface area contributed by atoms with Crippen LogP contribution in [0.2, 0.25) is 0 Å². The van der Waals surface area contributed by atoms with Crippen molar-refractivity contribution in [2.75, 3.05) is 18.4 Å². The molecule has 3 N–H and O–H groups in total. The van der Waals surface area contributed by atoms with Crippen molar-refractivity contribution in [2.45, 2.75) is 39.0 Å². The zero-order chi connectivity index (χ0) is 12.1. The van der Waals surface area contributed by atoms with Crippen LogP contribution < -0.4 is 11.1 Å². The first-order chi connectivity index (χ1) is 8.29. The second kappa shape index (κ2) is 6.00. The first kappa shape index (κ1) is 12.4.